The summed E-state index contributed by atoms with van der Waals surface area (Å²) in [7, 11) is 2.18. The van der Waals surface area contributed by atoms with E-state index in [1.54, 1.807) is 0 Å². The number of hydrogen-bond acceptors (Lipinski definition) is 2. The molecular weight excluding hydrogens is 562 g/mol. The summed E-state index contributed by atoms with van der Waals surface area (Å²) in [6, 6.07) is 28.6. The van der Waals surface area contributed by atoms with Gasteiger partial charge in [-0.15, -0.1) is 0 Å². The van der Waals surface area contributed by atoms with Gasteiger partial charge in [0.25, 0.3) is 0 Å². The summed E-state index contributed by atoms with van der Waals surface area (Å²) in [5, 5.41) is 7.63. The number of rotatable bonds is 9. The molecule has 0 aromatic heterocycles. The average molecular weight is 607 g/mol. The molecule has 0 saturated carbocycles. The topological polar surface area (TPSA) is 35.4 Å². The Morgan fingerprint density at radius 2 is 1.50 bits per heavy atom. The number of nitrogens with zero attached hydrogens (tertiary/aromatic N) is 2. The van der Waals surface area contributed by atoms with Crippen LogP contribution in [-0.4, -0.2) is 29.8 Å². The molecule has 0 atom stereocenters. The highest BCUT2D eigenvalue weighted by Crippen LogP contribution is 2.51. The standard InChI is InChI=1S/C42H43N3O/c1-7-43-38(46)24-12-9-17-29-45-35-28-26-31-19-14-16-21-33(31)40(35)42(4,5)37(45)23-11-8-10-22-36-41(2,3)39-32-20-15-13-18-30(32)25-27-34(39)44(36)6/h1,8,10-11,13-16,18-23,25-28H,9,12,17,24,29H2,2-6H3/p+1. The molecule has 2 heterocycles. The molecule has 1 amide bonds. The molecule has 2 aliphatic rings. The van der Waals surface area contributed by atoms with Crippen LogP contribution in [0.5, 0.6) is 0 Å². The van der Waals surface area contributed by atoms with Crippen LogP contribution in [0.3, 0.4) is 0 Å². The van der Waals surface area contributed by atoms with E-state index >= 15 is 0 Å². The molecule has 0 aliphatic carbocycles. The predicted octanol–water partition coefficient (Wildman–Crippen LogP) is 9.06. The van der Waals surface area contributed by atoms with Crippen LogP contribution < -0.4 is 10.2 Å². The first kappa shape index (κ1) is 31.1. The zero-order valence-electron chi connectivity index (χ0n) is 27.7. The van der Waals surface area contributed by atoms with Crippen molar-refractivity contribution >= 4 is 44.5 Å². The van der Waals surface area contributed by atoms with E-state index in [-0.39, 0.29) is 16.7 Å². The molecule has 4 aromatic carbocycles. The van der Waals surface area contributed by atoms with Crippen molar-refractivity contribution in [3.8, 4) is 12.5 Å². The number of terminal acetylenes is 1. The van der Waals surface area contributed by atoms with Crippen molar-refractivity contribution in [2.75, 3.05) is 18.5 Å². The van der Waals surface area contributed by atoms with Crippen LogP contribution in [0.4, 0.5) is 11.4 Å². The lowest BCUT2D eigenvalue weighted by molar-refractivity contribution is -0.401. The lowest BCUT2D eigenvalue weighted by Gasteiger charge is -2.27. The second kappa shape index (κ2) is 12.5. The maximum Gasteiger partial charge on any atom is 0.231 e. The Balaban J connectivity index is 1.26. The summed E-state index contributed by atoms with van der Waals surface area (Å²) < 4.78 is 2.34. The molecular formula is C42H44N3O+. The number of unbranched alkanes of at least 4 members (excludes halogenated alkanes) is 2. The summed E-state index contributed by atoms with van der Waals surface area (Å²) >= 11 is 0. The molecule has 0 radical (unpaired) electrons. The lowest BCUT2D eigenvalue weighted by atomic mass is 9.79. The van der Waals surface area contributed by atoms with Gasteiger partial charge in [0, 0.05) is 53.5 Å². The Kier molecular flexibility index (Phi) is 8.45. The van der Waals surface area contributed by atoms with Gasteiger partial charge in [-0.3, -0.25) is 10.1 Å². The third-order valence-corrected chi connectivity index (χ3v) is 9.88. The number of fused-ring (bicyclic) bond motifs is 6. The van der Waals surface area contributed by atoms with Gasteiger partial charge in [0.1, 0.15) is 7.05 Å². The lowest BCUT2D eigenvalue weighted by Crippen LogP contribution is -2.27. The van der Waals surface area contributed by atoms with Crippen LogP contribution >= 0.6 is 0 Å². The third-order valence-electron chi connectivity index (χ3n) is 9.88. The second-order valence-electron chi connectivity index (χ2n) is 13.5. The van der Waals surface area contributed by atoms with Gasteiger partial charge >= 0.3 is 0 Å². The Labute approximate surface area is 273 Å². The number of amides is 1. The van der Waals surface area contributed by atoms with Crippen LogP contribution in [0, 0.1) is 12.5 Å². The van der Waals surface area contributed by atoms with Crippen LogP contribution in [0.1, 0.15) is 64.5 Å². The number of allylic oxidation sites excluding steroid dienone is 6. The molecule has 0 bridgehead atoms. The number of nitrogens with one attached hydrogen (secondary N) is 1. The number of benzene rings is 4. The zero-order valence-corrected chi connectivity index (χ0v) is 27.7. The molecule has 4 nitrogen and oxygen atoms in total. The molecule has 0 unspecified atom stereocenters. The number of hydrogen-bond donors (Lipinski definition) is 1. The molecule has 4 heteroatoms. The monoisotopic (exact) mass is 606 g/mol. The largest absolute Gasteiger partial charge is 0.344 e. The number of carbonyl (C=O) groups is 1. The van der Waals surface area contributed by atoms with Gasteiger partial charge in [-0.2, -0.15) is 4.58 Å². The van der Waals surface area contributed by atoms with E-state index in [9.17, 15) is 4.79 Å². The summed E-state index contributed by atoms with van der Waals surface area (Å²) in [4.78, 5) is 14.3. The van der Waals surface area contributed by atoms with Gasteiger partial charge in [-0.25, -0.2) is 0 Å². The third kappa shape index (κ3) is 5.45. The Morgan fingerprint density at radius 1 is 0.826 bits per heavy atom. The van der Waals surface area contributed by atoms with E-state index in [1.807, 2.05) is 0 Å². The quantitative estimate of drug-likeness (QED) is 0.0678. The van der Waals surface area contributed by atoms with Crippen LogP contribution in [0.15, 0.2) is 109 Å². The fraction of sp³-hybridized carbons (Fsp3) is 0.286. The van der Waals surface area contributed by atoms with Crippen molar-refractivity contribution < 1.29 is 9.37 Å². The molecule has 4 aromatic rings. The molecule has 1 N–H and O–H groups in total. The fourth-order valence-corrected chi connectivity index (χ4v) is 7.70. The van der Waals surface area contributed by atoms with Gasteiger partial charge in [0.15, 0.2) is 5.71 Å². The smallest absolute Gasteiger partial charge is 0.231 e. The molecule has 0 fully saturated rings. The van der Waals surface area contributed by atoms with Gasteiger partial charge in [0.05, 0.1) is 5.41 Å². The minimum absolute atomic E-state index is 0.0806. The van der Waals surface area contributed by atoms with Crippen molar-refractivity contribution in [2.45, 2.75) is 64.2 Å². The molecule has 6 rings (SSSR count). The summed E-state index contributed by atoms with van der Waals surface area (Å²) in [5.41, 5.74) is 7.63. The molecule has 0 saturated heterocycles. The van der Waals surface area contributed by atoms with Gasteiger partial charge in [-0.1, -0.05) is 99.5 Å². The summed E-state index contributed by atoms with van der Waals surface area (Å²) in [6.45, 7) is 10.2. The highest BCUT2D eigenvalue weighted by molar-refractivity contribution is 6.07. The van der Waals surface area contributed by atoms with E-state index in [1.165, 1.54) is 55.5 Å². The van der Waals surface area contributed by atoms with Crippen molar-refractivity contribution in [1.29, 1.82) is 0 Å². The molecule has 232 valence electrons. The second-order valence-corrected chi connectivity index (χ2v) is 13.5. The van der Waals surface area contributed by atoms with E-state index < -0.39 is 0 Å². The van der Waals surface area contributed by atoms with Crippen molar-refractivity contribution in [3.63, 3.8) is 0 Å². The summed E-state index contributed by atoms with van der Waals surface area (Å²) in [5.74, 6) is -0.0806. The van der Waals surface area contributed by atoms with Crippen molar-refractivity contribution in [1.82, 2.24) is 5.32 Å². The van der Waals surface area contributed by atoms with Crippen LogP contribution in [0.2, 0.25) is 0 Å². The Morgan fingerprint density at radius 3 is 2.22 bits per heavy atom. The Bertz CT molecular complexity index is 2000. The maximum atomic E-state index is 11.8. The van der Waals surface area contributed by atoms with Gasteiger partial charge in [0.2, 0.25) is 11.6 Å². The minimum Gasteiger partial charge on any atom is -0.344 e. The van der Waals surface area contributed by atoms with E-state index in [0.717, 1.165) is 25.8 Å². The van der Waals surface area contributed by atoms with Gasteiger partial charge in [-0.05, 0) is 72.0 Å². The zero-order chi connectivity index (χ0) is 32.5. The number of carbonyl (C=O) groups excluding carboxylic acids is 1. The Hall–Kier alpha value is -4.88. The molecule has 46 heavy (non-hydrogen) atoms. The minimum atomic E-state index is -0.165. The van der Waals surface area contributed by atoms with Crippen molar-refractivity contribution in [3.05, 3.63) is 120 Å². The number of anilines is 1. The van der Waals surface area contributed by atoms with E-state index in [4.69, 9.17) is 6.42 Å². The van der Waals surface area contributed by atoms with Crippen LogP contribution in [0.25, 0.3) is 21.5 Å². The SMILES string of the molecule is C#CNC(=O)CCCCCN1C(=CC=CC=CC2=[N+](C)c3ccc4ccccc4c3C2(C)C)C(C)(C)c2c1ccc1ccccc21. The van der Waals surface area contributed by atoms with Crippen molar-refractivity contribution in [2.24, 2.45) is 0 Å². The fourth-order valence-electron chi connectivity index (χ4n) is 7.70. The molecule has 0 spiro atoms. The first-order valence-corrected chi connectivity index (χ1v) is 16.4. The first-order chi connectivity index (χ1) is 22.2. The van der Waals surface area contributed by atoms with Gasteiger partial charge < -0.3 is 4.90 Å². The van der Waals surface area contributed by atoms with E-state index in [2.05, 4.69) is 159 Å². The first-order valence-electron chi connectivity index (χ1n) is 16.4. The molecule has 2 aliphatic heterocycles. The normalized spacial score (nSPS) is 17.4. The van der Waals surface area contributed by atoms with Crippen LogP contribution in [-0.2, 0) is 15.6 Å². The maximum absolute atomic E-state index is 11.8. The highest BCUT2D eigenvalue weighted by atomic mass is 16.1. The predicted molar refractivity (Wildman–Crippen MR) is 194 cm³/mol. The average Bonchev–Trinajstić information content (AvgIpc) is 3.38. The summed E-state index contributed by atoms with van der Waals surface area (Å²) in [6.07, 6.45) is 19.5. The van der Waals surface area contributed by atoms with E-state index in [0.29, 0.717) is 6.42 Å². The highest BCUT2D eigenvalue weighted by Gasteiger charge is 2.44.